The Bertz CT molecular complexity index is 1130. The molecule has 2 aliphatic heterocycles. The average molecular weight is 423 g/mol. The van der Waals surface area contributed by atoms with Gasteiger partial charge >= 0.3 is 0 Å². The second-order valence-electron chi connectivity index (χ2n) is 7.38. The van der Waals surface area contributed by atoms with Crippen LogP contribution in [0.4, 0.5) is 0 Å². The van der Waals surface area contributed by atoms with Crippen molar-refractivity contribution in [2.24, 2.45) is 0 Å². The molecule has 2 aliphatic rings. The highest BCUT2D eigenvalue weighted by atomic mass is 16.7. The fraction of sp³-hybridized carbons (Fsp3) is 0.318. The van der Waals surface area contributed by atoms with Crippen LogP contribution in [0.3, 0.4) is 0 Å². The lowest BCUT2D eigenvalue weighted by atomic mass is 10.1. The fourth-order valence-corrected chi connectivity index (χ4v) is 3.83. The van der Waals surface area contributed by atoms with Crippen LogP contribution in [0.2, 0.25) is 0 Å². The second kappa shape index (κ2) is 7.82. The van der Waals surface area contributed by atoms with Crippen LogP contribution in [-0.2, 0) is 11.3 Å². The molecule has 2 aromatic carbocycles. The number of methoxy groups -OCH3 is 2. The van der Waals surface area contributed by atoms with Crippen LogP contribution in [0.5, 0.6) is 23.0 Å². The summed E-state index contributed by atoms with van der Waals surface area (Å²) in [6.45, 7) is 1.15. The number of benzene rings is 2. The third-order valence-corrected chi connectivity index (χ3v) is 5.50. The normalized spacial score (nSPS) is 17.3. The van der Waals surface area contributed by atoms with E-state index >= 15 is 0 Å². The number of carbonyl (C=O) groups excluding carboxylic acids is 1. The third kappa shape index (κ3) is 3.63. The van der Waals surface area contributed by atoms with E-state index < -0.39 is 0 Å². The van der Waals surface area contributed by atoms with E-state index in [1.54, 1.807) is 19.1 Å². The number of carbonyl (C=O) groups is 1. The van der Waals surface area contributed by atoms with Gasteiger partial charge in [0, 0.05) is 42.6 Å². The van der Waals surface area contributed by atoms with Gasteiger partial charge in [-0.1, -0.05) is 5.16 Å². The van der Waals surface area contributed by atoms with Gasteiger partial charge in [-0.2, -0.15) is 4.98 Å². The highest BCUT2D eigenvalue weighted by Crippen LogP contribution is 2.36. The molecule has 0 bridgehead atoms. The largest absolute Gasteiger partial charge is 0.497 e. The molecule has 9 nitrogen and oxygen atoms in total. The Morgan fingerprint density at radius 1 is 1.10 bits per heavy atom. The lowest BCUT2D eigenvalue weighted by Gasteiger charge is -2.18. The van der Waals surface area contributed by atoms with E-state index in [0.29, 0.717) is 54.2 Å². The predicted molar refractivity (Wildman–Crippen MR) is 108 cm³/mol. The molecular formula is C22H21N3O6. The molecule has 1 saturated heterocycles. The number of ether oxygens (including phenoxy) is 4. The molecule has 1 unspecified atom stereocenters. The van der Waals surface area contributed by atoms with E-state index in [1.165, 1.54) is 0 Å². The Morgan fingerprint density at radius 3 is 2.81 bits per heavy atom. The number of rotatable bonds is 6. The number of hydrogen-bond donors (Lipinski definition) is 0. The van der Waals surface area contributed by atoms with Crippen LogP contribution in [-0.4, -0.2) is 48.5 Å². The molecule has 1 atom stereocenters. The van der Waals surface area contributed by atoms with E-state index in [9.17, 15) is 4.79 Å². The van der Waals surface area contributed by atoms with Crippen molar-refractivity contribution in [3.63, 3.8) is 0 Å². The maximum Gasteiger partial charge on any atom is 0.258 e. The summed E-state index contributed by atoms with van der Waals surface area (Å²) in [6, 6.07) is 11.0. The van der Waals surface area contributed by atoms with E-state index in [-0.39, 0.29) is 18.6 Å². The van der Waals surface area contributed by atoms with Crippen molar-refractivity contribution in [3.8, 4) is 34.5 Å². The third-order valence-electron chi connectivity index (χ3n) is 5.50. The molecule has 1 amide bonds. The van der Waals surface area contributed by atoms with Gasteiger partial charge in [-0.25, -0.2) is 0 Å². The van der Waals surface area contributed by atoms with Gasteiger partial charge in [0.2, 0.25) is 12.7 Å². The molecule has 0 spiro atoms. The first kappa shape index (κ1) is 19.2. The first-order valence-electron chi connectivity index (χ1n) is 9.87. The van der Waals surface area contributed by atoms with E-state index in [2.05, 4.69) is 10.1 Å². The van der Waals surface area contributed by atoms with Crippen LogP contribution in [0.1, 0.15) is 23.7 Å². The van der Waals surface area contributed by atoms with Crippen molar-refractivity contribution >= 4 is 5.91 Å². The average Bonchev–Trinajstić information content (AvgIpc) is 3.53. The van der Waals surface area contributed by atoms with Crippen molar-refractivity contribution in [3.05, 3.63) is 47.8 Å². The van der Waals surface area contributed by atoms with Gasteiger partial charge < -0.3 is 28.4 Å². The van der Waals surface area contributed by atoms with Gasteiger partial charge in [-0.05, 0) is 30.3 Å². The van der Waals surface area contributed by atoms with Crippen LogP contribution in [0.15, 0.2) is 40.9 Å². The Balaban J connectivity index is 1.31. The minimum atomic E-state index is -0.136. The van der Waals surface area contributed by atoms with Crippen molar-refractivity contribution in [1.29, 1.82) is 0 Å². The van der Waals surface area contributed by atoms with Crippen molar-refractivity contribution in [2.75, 3.05) is 27.6 Å². The van der Waals surface area contributed by atoms with Gasteiger partial charge in [0.15, 0.2) is 17.3 Å². The first-order chi connectivity index (χ1) is 15.1. The van der Waals surface area contributed by atoms with Gasteiger partial charge in [0.25, 0.3) is 5.89 Å². The number of fused-ring (bicyclic) bond motifs is 1. The van der Waals surface area contributed by atoms with Gasteiger partial charge in [0.1, 0.15) is 11.5 Å². The summed E-state index contributed by atoms with van der Waals surface area (Å²) in [5.41, 5.74) is 1.65. The molecule has 3 aromatic rings. The smallest absolute Gasteiger partial charge is 0.258 e. The van der Waals surface area contributed by atoms with Crippen molar-refractivity contribution in [1.82, 2.24) is 15.0 Å². The molecular weight excluding hydrogens is 402 g/mol. The summed E-state index contributed by atoms with van der Waals surface area (Å²) < 4.78 is 26.9. The van der Waals surface area contributed by atoms with Crippen molar-refractivity contribution in [2.45, 2.75) is 18.9 Å². The van der Waals surface area contributed by atoms with E-state index in [1.807, 2.05) is 36.4 Å². The maximum atomic E-state index is 12.6. The Kier molecular flexibility index (Phi) is 4.85. The first-order valence-corrected chi connectivity index (χ1v) is 9.87. The Labute approximate surface area is 178 Å². The summed E-state index contributed by atoms with van der Waals surface area (Å²) in [5, 5.41) is 4.12. The number of aromatic nitrogens is 2. The minimum Gasteiger partial charge on any atom is -0.497 e. The molecule has 0 N–H and O–H groups in total. The second-order valence-corrected chi connectivity index (χ2v) is 7.38. The summed E-state index contributed by atoms with van der Waals surface area (Å²) in [5.74, 6) is 3.53. The maximum absolute atomic E-state index is 12.6. The lowest BCUT2D eigenvalue weighted by Crippen LogP contribution is -2.24. The monoisotopic (exact) mass is 423 g/mol. The molecule has 1 aromatic heterocycles. The summed E-state index contributed by atoms with van der Waals surface area (Å²) in [6.07, 6.45) is 0.332. The zero-order valence-corrected chi connectivity index (χ0v) is 17.2. The Morgan fingerprint density at radius 2 is 1.97 bits per heavy atom. The van der Waals surface area contributed by atoms with E-state index in [0.717, 1.165) is 11.1 Å². The molecule has 1 fully saturated rings. The topological polar surface area (TPSA) is 96.2 Å². The number of likely N-dealkylation sites (tertiary alicyclic amines) is 1. The van der Waals surface area contributed by atoms with Crippen molar-refractivity contribution < 1.29 is 28.3 Å². The molecule has 160 valence electrons. The molecule has 31 heavy (non-hydrogen) atoms. The lowest BCUT2D eigenvalue weighted by molar-refractivity contribution is -0.128. The summed E-state index contributed by atoms with van der Waals surface area (Å²) >= 11 is 0. The fourth-order valence-electron chi connectivity index (χ4n) is 3.83. The minimum absolute atomic E-state index is 0.0392. The SMILES string of the molecule is COc1ccc(CN2CC(c3noc(-c4ccc5c(c4)OCO5)n3)CC2=O)c(OC)c1. The van der Waals surface area contributed by atoms with Gasteiger partial charge in [-0.3, -0.25) is 4.79 Å². The quantitative estimate of drug-likeness (QED) is 0.597. The predicted octanol–water partition coefficient (Wildman–Crippen LogP) is 3.00. The zero-order valence-electron chi connectivity index (χ0n) is 17.2. The number of nitrogens with zero attached hydrogens (tertiary/aromatic N) is 3. The highest BCUT2D eigenvalue weighted by Gasteiger charge is 2.34. The molecule has 3 heterocycles. The molecule has 0 aliphatic carbocycles. The Hall–Kier alpha value is -3.75. The molecule has 0 saturated carbocycles. The van der Waals surface area contributed by atoms with Crippen LogP contribution >= 0.6 is 0 Å². The van der Waals surface area contributed by atoms with E-state index in [4.69, 9.17) is 23.5 Å². The van der Waals surface area contributed by atoms with Gasteiger partial charge in [-0.15, -0.1) is 0 Å². The number of hydrogen-bond acceptors (Lipinski definition) is 8. The summed E-state index contributed by atoms with van der Waals surface area (Å²) in [7, 11) is 3.20. The molecule has 5 rings (SSSR count). The standard InChI is InChI=1S/C22H21N3O6/c1-27-16-5-3-14(18(9-16)28-2)10-25-11-15(8-20(25)26)21-23-22(31-24-21)13-4-6-17-19(7-13)30-12-29-17/h3-7,9,15H,8,10-12H2,1-2H3. The zero-order chi connectivity index (χ0) is 21.4. The van der Waals surface area contributed by atoms with Crippen LogP contribution in [0, 0.1) is 0 Å². The van der Waals surface area contributed by atoms with Crippen LogP contribution in [0.25, 0.3) is 11.5 Å². The molecule has 9 heteroatoms. The van der Waals surface area contributed by atoms with Crippen LogP contribution < -0.4 is 18.9 Å². The highest BCUT2D eigenvalue weighted by molar-refractivity contribution is 5.79. The number of amides is 1. The summed E-state index contributed by atoms with van der Waals surface area (Å²) in [4.78, 5) is 18.9. The van der Waals surface area contributed by atoms with Gasteiger partial charge in [0.05, 0.1) is 14.2 Å². The molecule has 0 radical (unpaired) electrons.